The molecule has 1 heterocycles. The highest BCUT2D eigenvalue weighted by atomic mass is 32.2. The van der Waals surface area contributed by atoms with Crippen LogP contribution in [0.15, 0.2) is 35.2 Å². The number of hydrogen-bond donors (Lipinski definition) is 2. The molecule has 3 aromatic rings. The standard InChI is InChI=1S/C22H24N2O3S/c1-4-15-11-16-18(23-17-9-6-10-19(25)21(16)17)12-20(15)28(26,27)24-22-13(2)7-5-8-14(22)3/h5,7-8,11-12,23-24H,4,6,9-10H2,1-3H3. The van der Waals surface area contributed by atoms with Crippen molar-refractivity contribution >= 4 is 32.4 Å². The van der Waals surface area contributed by atoms with Crippen molar-refractivity contribution in [3.63, 3.8) is 0 Å². The third-order valence-electron chi connectivity index (χ3n) is 5.55. The number of aryl methyl sites for hydroxylation is 4. The summed E-state index contributed by atoms with van der Waals surface area (Å²) < 4.78 is 29.3. The molecule has 0 aliphatic heterocycles. The monoisotopic (exact) mass is 396 g/mol. The molecule has 1 aromatic heterocycles. The molecule has 0 radical (unpaired) electrons. The second kappa shape index (κ2) is 6.78. The average molecular weight is 397 g/mol. The summed E-state index contributed by atoms with van der Waals surface area (Å²) in [5.74, 6) is 0.138. The Morgan fingerprint density at radius 2 is 1.82 bits per heavy atom. The molecule has 0 unspecified atom stereocenters. The number of sulfonamides is 1. The number of para-hydroxylation sites is 1. The van der Waals surface area contributed by atoms with E-state index in [2.05, 4.69) is 9.71 Å². The first-order valence-electron chi connectivity index (χ1n) is 9.61. The molecule has 0 atom stereocenters. The number of H-pyrrole nitrogens is 1. The van der Waals surface area contributed by atoms with Gasteiger partial charge in [-0.15, -0.1) is 0 Å². The summed E-state index contributed by atoms with van der Waals surface area (Å²) in [5.41, 5.74) is 5.46. The normalized spacial score (nSPS) is 14.3. The summed E-state index contributed by atoms with van der Waals surface area (Å²) in [6, 6.07) is 9.23. The van der Waals surface area contributed by atoms with Crippen LogP contribution in [0.3, 0.4) is 0 Å². The third kappa shape index (κ3) is 3.02. The van der Waals surface area contributed by atoms with Crippen molar-refractivity contribution in [1.29, 1.82) is 0 Å². The van der Waals surface area contributed by atoms with Gasteiger partial charge in [0.15, 0.2) is 5.78 Å². The van der Waals surface area contributed by atoms with Gasteiger partial charge in [-0.05, 0) is 61.9 Å². The van der Waals surface area contributed by atoms with E-state index in [1.165, 1.54) is 0 Å². The van der Waals surface area contributed by atoms with Gasteiger partial charge in [0.1, 0.15) is 0 Å². The number of Topliss-reactive ketones (excluding diaryl/α,β-unsaturated/α-hetero) is 1. The maximum Gasteiger partial charge on any atom is 0.262 e. The van der Waals surface area contributed by atoms with E-state index in [1.54, 1.807) is 6.07 Å². The minimum Gasteiger partial charge on any atom is -0.358 e. The number of carbonyl (C=O) groups is 1. The van der Waals surface area contributed by atoms with Crippen LogP contribution in [0.4, 0.5) is 5.69 Å². The highest BCUT2D eigenvalue weighted by Crippen LogP contribution is 2.33. The molecule has 0 spiro atoms. The highest BCUT2D eigenvalue weighted by Gasteiger charge is 2.26. The Morgan fingerprint density at radius 1 is 1.11 bits per heavy atom. The molecule has 146 valence electrons. The van der Waals surface area contributed by atoms with Crippen LogP contribution in [0.1, 0.15) is 52.5 Å². The number of carbonyl (C=O) groups excluding carboxylic acids is 1. The maximum atomic E-state index is 13.2. The molecule has 0 amide bonds. The van der Waals surface area contributed by atoms with E-state index < -0.39 is 10.0 Å². The lowest BCUT2D eigenvalue weighted by molar-refractivity contribution is 0.0974. The molecule has 28 heavy (non-hydrogen) atoms. The molecule has 1 aliphatic carbocycles. The Morgan fingerprint density at radius 3 is 2.50 bits per heavy atom. The largest absolute Gasteiger partial charge is 0.358 e. The van der Waals surface area contributed by atoms with Gasteiger partial charge in [-0.2, -0.15) is 0 Å². The number of nitrogens with one attached hydrogen (secondary N) is 2. The van der Waals surface area contributed by atoms with Gasteiger partial charge in [0.2, 0.25) is 0 Å². The van der Waals surface area contributed by atoms with Gasteiger partial charge in [-0.25, -0.2) is 8.42 Å². The zero-order valence-corrected chi connectivity index (χ0v) is 17.2. The molecule has 0 saturated heterocycles. The summed E-state index contributed by atoms with van der Waals surface area (Å²) in [4.78, 5) is 16.0. The summed E-state index contributed by atoms with van der Waals surface area (Å²) >= 11 is 0. The molecule has 2 N–H and O–H groups in total. The smallest absolute Gasteiger partial charge is 0.262 e. The van der Waals surface area contributed by atoms with Crippen LogP contribution in [0.25, 0.3) is 10.9 Å². The minimum atomic E-state index is -3.76. The van der Waals surface area contributed by atoms with E-state index in [0.717, 1.165) is 40.6 Å². The van der Waals surface area contributed by atoms with Gasteiger partial charge >= 0.3 is 0 Å². The number of fused-ring (bicyclic) bond motifs is 3. The van der Waals surface area contributed by atoms with Gasteiger partial charge in [-0.1, -0.05) is 25.1 Å². The average Bonchev–Trinajstić information content (AvgIpc) is 3.02. The lowest BCUT2D eigenvalue weighted by Crippen LogP contribution is -2.16. The van der Waals surface area contributed by atoms with Crippen molar-refractivity contribution in [3.8, 4) is 0 Å². The van der Waals surface area contributed by atoms with Crippen LogP contribution in [0, 0.1) is 13.8 Å². The fourth-order valence-electron chi connectivity index (χ4n) is 4.07. The van der Waals surface area contributed by atoms with Gasteiger partial charge in [0.05, 0.1) is 10.6 Å². The maximum absolute atomic E-state index is 13.2. The lowest BCUT2D eigenvalue weighted by atomic mass is 9.94. The SMILES string of the molecule is CCc1cc2c3c([nH]c2cc1S(=O)(=O)Nc1c(C)cccc1C)CCCC3=O. The van der Waals surface area contributed by atoms with Crippen LogP contribution in [0.5, 0.6) is 0 Å². The minimum absolute atomic E-state index is 0.138. The lowest BCUT2D eigenvalue weighted by Gasteiger charge is -2.15. The van der Waals surface area contributed by atoms with Gasteiger partial charge < -0.3 is 4.98 Å². The zero-order valence-electron chi connectivity index (χ0n) is 16.3. The number of benzene rings is 2. The molecule has 0 bridgehead atoms. The topological polar surface area (TPSA) is 79.0 Å². The number of rotatable bonds is 4. The van der Waals surface area contributed by atoms with Crippen molar-refractivity contribution in [2.75, 3.05) is 4.72 Å². The Labute approximate surface area is 165 Å². The predicted molar refractivity (Wildman–Crippen MR) is 112 cm³/mol. The highest BCUT2D eigenvalue weighted by molar-refractivity contribution is 7.92. The predicted octanol–water partition coefficient (Wildman–Crippen LogP) is 4.67. The first kappa shape index (κ1) is 18.7. The third-order valence-corrected chi connectivity index (χ3v) is 6.99. The Balaban J connectivity index is 1.87. The van der Waals surface area contributed by atoms with E-state index in [4.69, 9.17) is 0 Å². The molecule has 4 rings (SSSR count). The quantitative estimate of drug-likeness (QED) is 0.673. The van der Waals surface area contributed by atoms with E-state index in [0.29, 0.717) is 29.6 Å². The summed E-state index contributed by atoms with van der Waals surface area (Å²) in [6.45, 7) is 5.71. The van der Waals surface area contributed by atoms with Crippen molar-refractivity contribution in [2.45, 2.75) is 51.3 Å². The van der Waals surface area contributed by atoms with Crippen molar-refractivity contribution in [1.82, 2.24) is 4.98 Å². The van der Waals surface area contributed by atoms with E-state index in [1.807, 2.05) is 45.0 Å². The molecule has 0 fully saturated rings. The van der Waals surface area contributed by atoms with Crippen LogP contribution in [0.2, 0.25) is 0 Å². The summed E-state index contributed by atoms with van der Waals surface area (Å²) in [5, 5.41) is 0.836. The summed E-state index contributed by atoms with van der Waals surface area (Å²) in [6.07, 6.45) is 2.77. The summed E-state index contributed by atoms with van der Waals surface area (Å²) in [7, 11) is -3.76. The van der Waals surface area contributed by atoms with E-state index in [-0.39, 0.29) is 10.7 Å². The fourth-order valence-corrected chi connectivity index (χ4v) is 5.59. The second-order valence-electron chi connectivity index (χ2n) is 7.49. The van der Waals surface area contributed by atoms with Gasteiger partial charge in [-0.3, -0.25) is 9.52 Å². The fraction of sp³-hybridized carbons (Fsp3) is 0.318. The first-order valence-corrected chi connectivity index (χ1v) is 11.1. The number of hydrogen-bond acceptors (Lipinski definition) is 3. The molecule has 5 nitrogen and oxygen atoms in total. The Hall–Kier alpha value is -2.60. The van der Waals surface area contributed by atoms with Crippen molar-refractivity contribution in [3.05, 3.63) is 58.3 Å². The molecular formula is C22H24N2O3S. The zero-order chi connectivity index (χ0) is 20.1. The van der Waals surface area contributed by atoms with Crippen LogP contribution < -0.4 is 4.72 Å². The van der Waals surface area contributed by atoms with Crippen LogP contribution in [-0.2, 0) is 22.9 Å². The molecular weight excluding hydrogens is 372 g/mol. The Kier molecular flexibility index (Phi) is 4.54. The number of ketones is 1. The molecule has 6 heteroatoms. The van der Waals surface area contributed by atoms with E-state index >= 15 is 0 Å². The Bertz CT molecular complexity index is 1190. The second-order valence-corrected chi connectivity index (χ2v) is 9.14. The molecule has 1 aliphatic rings. The van der Waals surface area contributed by atoms with Crippen molar-refractivity contribution in [2.24, 2.45) is 0 Å². The van der Waals surface area contributed by atoms with Gasteiger partial charge in [0, 0.05) is 28.6 Å². The first-order chi connectivity index (χ1) is 13.3. The molecule has 2 aromatic carbocycles. The van der Waals surface area contributed by atoms with Crippen LogP contribution >= 0.6 is 0 Å². The molecule has 0 saturated carbocycles. The van der Waals surface area contributed by atoms with Gasteiger partial charge in [0.25, 0.3) is 10.0 Å². The van der Waals surface area contributed by atoms with Crippen molar-refractivity contribution < 1.29 is 13.2 Å². The number of aromatic nitrogens is 1. The number of anilines is 1. The number of aromatic amines is 1. The van der Waals surface area contributed by atoms with Crippen LogP contribution in [-0.4, -0.2) is 19.2 Å². The van der Waals surface area contributed by atoms with E-state index in [9.17, 15) is 13.2 Å².